The number of halogens is 1. The first-order chi connectivity index (χ1) is 8.56. The van der Waals surface area contributed by atoms with Crippen molar-refractivity contribution < 1.29 is 4.79 Å². The van der Waals surface area contributed by atoms with Gasteiger partial charge in [0, 0.05) is 5.02 Å². The molecule has 18 heavy (non-hydrogen) atoms. The number of aryl methyl sites for hydroxylation is 2. The lowest BCUT2D eigenvalue weighted by molar-refractivity contribution is -0.115. The van der Waals surface area contributed by atoms with Gasteiger partial charge < -0.3 is 5.32 Å². The van der Waals surface area contributed by atoms with Crippen LogP contribution in [0.25, 0.3) is 0 Å². The van der Waals surface area contributed by atoms with Gasteiger partial charge in [0.15, 0.2) is 0 Å². The van der Waals surface area contributed by atoms with Gasteiger partial charge in [-0.25, -0.2) is 0 Å². The van der Waals surface area contributed by atoms with Crippen molar-refractivity contribution in [2.75, 3.05) is 5.32 Å². The minimum atomic E-state index is -0.0649. The number of carbonyl (C=O) groups is 1. The molecule has 0 saturated carbocycles. The fraction of sp³-hybridized carbons (Fsp3) is 0.231. The highest BCUT2D eigenvalue weighted by Crippen LogP contribution is 2.16. The van der Waals surface area contributed by atoms with E-state index in [0.717, 1.165) is 22.6 Å². The molecular weight excluding hydrogens is 250 g/mol. The van der Waals surface area contributed by atoms with E-state index in [2.05, 4.69) is 15.5 Å². The van der Waals surface area contributed by atoms with Gasteiger partial charge in [-0.3, -0.25) is 9.89 Å². The summed E-state index contributed by atoms with van der Waals surface area (Å²) >= 11 is 5.79. The molecule has 1 heterocycles. The second-order valence-corrected chi connectivity index (χ2v) is 4.60. The first kappa shape index (κ1) is 12.6. The normalized spacial score (nSPS) is 10.4. The molecule has 94 valence electrons. The van der Waals surface area contributed by atoms with Crippen LogP contribution in [0.5, 0.6) is 0 Å². The first-order valence-corrected chi connectivity index (χ1v) is 6.00. The Bertz CT molecular complexity index is 541. The van der Waals surface area contributed by atoms with Crippen LogP contribution >= 0.6 is 11.6 Å². The van der Waals surface area contributed by atoms with Gasteiger partial charge in [0.1, 0.15) is 0 Å². The van der Waals surface area contributed by atoms with Crippen molar-refractivity contribution in [2.45, 2.75) is 20.3 Å². The lowest BCUT2D eigenvalue weighted by Gasteiger charge is -2.05. The molecule has 2 N–H and O–H groups in total. The number of nitrogens with zero attached hydrogens (tertiary/aromatic N) is 1. The van der Waals surface area contributed by atoms with E-state index in [1.54, 1.807) is 12.1 Å². The van der Waals surface area contributed by atoms with Crippen molar-refractivity contribution in [2.24, 2.45) is 0 Å². The number of nitrogens with one attached hydrogen (secondary N) is 2. The van der Waals surface area contributed by atoms with E-state index >= 15 is 0 Å². The summed E-state index contributed by atoms with van der Waals surface area (Å²) in [7, 11) is 0. The molecule has 0 aliphatic rings. The van der Waals surface area contributed by atoms with Crippen LogP contribution in [0, 0.1) is 13.8 Å². The predicted octanol–water partition coefficient (Wildman–Crippen LogP) is 2.86. The number of anilines is 1. The topological polar surface area (TPSA) is 57.8 Å². The first-order valence-electron chi connectivity index (χ1n) is 5.62. The Hall–Kier alpha value is -1.81. The van der Waals surface area contributed by atoms with Gasteiger partial charge in [-0.05, 0) is 31.5 Å². The Kier molecular flexibility index (Phi) is 3.67. The van der Waals surface area contributed by atoms with Crippen molar-refractivity contribution in [3.63, 3.8) is 0 Å². The number of aromatic nitrogens is 2. The van der Waals surface area contributed by atoms with Crippen LogP contribution in [0.1, 0.15) is 17.0 Å². The number of benzene rings is 1. The Balaban J connectivity index is 2.03. The number of aromatic amines is 1. The van der Waals surface area contributed by atoms with Gasteiger partial charge in [-0.1, -0.05) is 23.7 Å². The second-order valence-electron chi connectivity index (χ2n) is 4.16. The fourth-order valence-corrected chi connectivity index (χ4v) is 1.83. The second kappa shape index (κ2) is 5.23. The molecule has 1 aromatic heterocycles. The summed E-state index contributed by atoms with van der Waals surface area (Å²) in [6.45, 7) is 3.72. The van der Waals surface area contributed by atoms with Gasteiger partial charge in [-0.2, -0.15) is 5.10 Å². The van der Waals surface area contributed by atoms with Crippen LogP contribution in [0.15, 0.2) is 24.3 Å². The number of H-pyrrole nitrogens is 1. The number of amides is 1. The standard InChI is InChI=1S/C13H14ClN3O/c1-8-13(9(2)17-16-8)15-12(18)7-10-3-5-11(14)6-4-10/h3-6H,7H2,1-2H3,(H,15,18)(H,16,17). The Morgan fingerprint density at radius 2 is 2.00 bits per heavy atom. The van der Waals surface area contributed by atoms with Crippen LogP contribution < -0.4 is 5.32 Å². The third kappa shape index (κ3) is 2.90. The van der Waals surface area contributed by atoms with E-state index in [9.17, 15) is 4.79 Å². The number of hydrogen-bond acceptors (Lipinski definition) is 2. The molecule has 0 atom stereocenters. The maximum Gasteiger partial charge on any atom is 0.228 e. The molecule has 0 saturated heterocycles. The fourth-order valence-electron chi connectivity index (χ4n) is 1.71. The summed E-state index contributed by atoms with van der Waals surface area (Å²) in [5.74, 6) is -0.0649. The van der Waals surface area contributed by atoms with Crippen LogP contribution in [0.4, 0.5) is 5.69 Å². The van der Waals surface area contributed by atoms with E-state index in [1.807, 2.05) is 26.0 Å². The average Bonchev–Trinajstić information content (AvgIpc) is 2.64. The Labute approximate surface area is 110 Å². The molecule has 4 nitrogen and oxygen atoms in total. The SMILES string of the molecule is Cc1n[nH]c(C)c1NC(=O)Cc1ccc(Cl)cc1. The maximum absolute atomic E-state index is 11.9. The molecule has 2 aromatic rings. The van der Waals surface area contributed by atoms with Gasteiger partial charge in [-0.15, -0.1) is 0 Å². The minimum absolute atomic E-state index is 0.0649. The number of carbonyl (C=O) groups excluding carboxylic acids is 1. The summed E-state index contributed by atoms with van der Waals surface area (Å²) < 4.78 is 0. The van der Waals surface area contributed by atoms with Crippen molar-refractivity contribution >= 4 is 23.2 Å². The highest BCUT2D eigenvalue weighted by molar-refractivity contribution is 6.30. The van der Waals surface area contributed by atoms with Crippen LogP contribution in [0.3, 0.4) is 0 Å². The van der Waals surface area contributed by atoms with Gasteiger partial charge in [0.2, 0.25) is 5.91 Å². The van der Waals surface area contributed by atoms with E-state index in [4.69, 9.17) is 11.6 Å². The molecule has 0 bridgehead atoms. The summed E-state index contributed by atoms with van der Waals surface area (Å²) in [4.78, 5) is 11.9. The summed E-state index contributed by atoms with van der Waals surface area (Å²) in [5.41, 5.74) is 3.33. The molecule has 0 fully saturated rings. The lowest BCUT2D eigenvalue weighted by Crippen LogP contribution is -2.15. The third-order valence-electron chi connectivity index (χ3n) is 2.67. The van der Waals surface area contributed by atoms with E-state index in [-0.39, 0.29) is 5.91 Å². The smallest absolute Gasteiger partial charge is 0.228 e. The van der Waals surface area contributed by atoms with Crippen LogP contribution in [-0.4, -0.2) is 16.1 Å². The zero-order chi connectivity index (χ0) is 13.1. The highest BCUT2D eigenvalue weighted by Gasteiger charge is 2.10. The van der Waals surface area contributed by atoms with Gasteiger partial charge in [0.05, 0.1) is 23.5 Å². The molecule has 0 aliphatic carbocycles. The molecule has 0 spiro atoms. The lowest BCUT2D eigenvalue weighted by atomic mass is 10.1. The van der Waals surface area contributed by atoms with Crippen molar-refractivity contribution in [3.8, 4) is 0 Å². The molecule has 1 amide bonds. The molecule has 2 rings (SSSR count). The third-order valence-corrected chi connectivity index (χ3v) is 2.92. The van der Waals surface area contributed by atoms with Crippen molar-refractivity contribution in [1.82, 2.24) is 10.2 Å². The maximum atomic E-state index is 11.9. The van der Waals surface area contributed by atoms with Crippen LogP contribution in [-0.2, 0) is 11.2 Å². The zero-order valence-electron chi connectivity index (χ0n) is 10.2. The van der Waals surface area contributed by atoms with Gasteiger partial charge >= 0.3 is 0 Å². The highest BCUT2D eigenvalue weighted by atomic mass is 35.5. The molecule has 1 aromatic carbocycles. The Morgan fingerprint density at radius 3 is 2.56 bits per heavy atom. The van der Waals surface area contributed by atoms with Gasteiger partial charge in [0.25, 0.3) is 0 Å². The quantitative estimate of drug-likeness (QED) is 0.895. The van der Waals surface area contributed by atoms with E-state index < -0.39 is 0 Å². The molecule has 0 aliphatic heterocycles. The molecule has 0 unspecified atom stereocenters. The largest absolute Gasteiger partial charge is 0.323 e. The summed E-state index contributed by atoms with van der Waals surface area (Å²) in [6, 6.07) is 7.24. The predicted molar refractivity (Wildman–Crippen MR) is 71.8 cm³/mol. The minimum Gasteiger partial charge on any atom is -0.323 e. The number of hydrogen-bond donors (Lipinski definition) is 2. The Morgan fingerprint density at radius 1 is 1.33 bits per heavy atom. The van der Waals surface area contributed by atoms with Crippen molar-refractivity contribution in [1.29, 1.82) is 0 Å². The number of rotatable bonds is 3. The van der Waals surface area contributed by atoms with Crippen LogP contribution in [0.2, 0.25) is 5.02 Å². The van der Waals surface area contributed by atoms with Crippen molar-refractivity contribution in [3.05, 3.63) is 46.2 Å². The monoisotopic (exact) mass is 263 g/mol. The summed E-state index contributed by atoms with van der Waals surface area (Å²) in [6.07, 6.45) is 0.321. The molecule has 0 radical (unpaired) electrons. The zero-order valence-corrected chi connectivity index (χ0v) is 11.0. The average molecular weight is 264 g/mol. The molecular formula is C13H14ClN3O. The van der Waals surface area contributed by atoms with E-state index in [1.165, 1.54) is 0 Å². The summed E-state index contributed by atoms with van der Waals surface area (Å²) in [5, 5.41) is 10.4. The molecule has 5 heteroatoms. The van der Waals surface area contributed by atoms with E-state index in [0.29, 0.717) is 11.4 Å².